The smallest absolute Gasteiger partial charge is 0.240 e. The summed E-state index contributed by atoms with van der Waals surface area (Å²) in [5, 5.41) is 8.98. The Kier molecular flexibility index (Phi) is 6.01. The first-order chi connectivity index (χ1) is 12.6. The van der Waals surface area contributed by atoms with Gasteiger partial charge in [0.1, 0.15) is 0 Å². The summed E-state index contributed by atoms with van der Waals surface area (Å²) in [7, 11) is -3.69. The zero-order valence-electron chi connectivity index (χ0n) is 14.3. The van der Waals surface area contributed by atoms with Gasteiger partial charge in [0.15, 0.2) is 0 Å². The Morgan fingerprint density at radius 2 is 1.85 bits per heavy atom. The summed E-state index contributed by atoms with van der Waals surface area (Å²) in [5.74, 6) is 0. The lowest BCUT2D eigenvalue weighted by Crippen LogP contribution is -2.43. The number of morpholine rings is 1. The monoisotopic (exact) mass is 371 g/mol. The summed E-state index contributed by atoms with van der Waals surface area (Å²) >= 11 is 0. The number of hydrogen-bond donors (Lipinski definition) is 1. The topological polar surface area (TPSA) is 82.4 Å². The minimum atomic E-state index is -3.69. The number of sulfonamides is 1. The Balaban J connectivity index is 1.79. The summed E-state index contributed by atoms with van der Waals surface area (Å²) in [5.41, 5.74) is 1.38. The number of nitriles is 1. The van der Waals surface area contributed by atoms with Gasteiger partial charge in [0.2, 0.25) is 10.0 Å². The average Bonchev–Trinajstić information content (AvgIpc) is 2.70. The van der Waals surface area contributed by atoms with Crippen LogP contribution in [0, 0.1) is 11.3 Å². The van der Waals surface area contributed by atoms with Crippen LogP contribution in [0.2, 0.25) is 0 Å². The predicted molar refractivity (Wildman–Crippen MR) is 97.9 cm³/mol. The van der Waals surface area contributed by atoms with E-state index in [9.17, 15) is 8.42 Å². The maximum absolute atomic E-state index is 12.7. The highest BCUT2D eigenvalue weighted by molar-refractivity contribution is 7.89. The van der Waals surface area contributed by atoms with Crippen molar-refractivity contribution in [1.29, 1.82) is 5.26 Å². The number of nitrogens with one attached hydrogen (secondary N) is 1. The third-order valence-electron chi connectivity index (χ3n) is 4.41. The number of hydrogen-bond acceptors (Lipinski definition) is 5. The maximum atomic E-state index is 12.7. The Labute approximate surface area is 154 Å². The van der Waals surface area contributed by atoms with Gasteiger partial charge in [-0.05, 0) is 23.8 Å². The standard InChI is InChI=1S/C19H21N3O3S/c20-14-16-5-4-8-18(13-16)26(23,24)21-15-19(17-6-2-1-3-7-17)22-9-11-25-12-10-22/h1-8,13,19,21H,9-12,15H2/t19-/m0/s1. The van der Waals surface area contributed by atoms with Gasteiger partial charge in [0, 0.05) is 25.7 Å². The predicted octanol–water partition coefficient (Wildman–Crippen LogP) is 1.91. The van der Waals surface area contributed by atoms with Gasteiger partial charge >= 0.3 is 0 Å². The molecule has 0 bridgehead atoms. The van der Waals surface area contributed by atoms with Crippen molar-refractivity contribution in [2.75, 3.05) is 32.8 Å². The fraction of sp³-hybridized carbons (Fsp3) is 0.316. The first kappa shape index (κ1) is 18.5. The summed E-state index contributed by atoms with van der Waals surface area (Å²) in [4.78, 5) is 2.33. The molecule has 2 aromatic rings. The van der Waals surface area contributed by atoms with Crippen LogP contribution in [0.15, 0.2) is 59.5 Å². The minimum Gasteiger partial charge on any atom is -0.379 e. The van der Waals surface area contributed by atoms with E-state index in [-0.39, 0.29) is 17.5 Å². The number of nitrogens with zero attached hydrogens (tertiary/aromatic N) is 2. The molecule has 0 radical (unpaired) electrons. The quantitative estimate of drug-likeness (QED) is 0.839. The molecule has 7 heteroatoms. The second-order valence-corrected chi connectivity index (χ2v) is 7.83. The van der Waals surface area contributed by atoms with Crippen LogP contribution in [-0.4, -0.2) is 46.2 Å². The van der Waals surface area contributed by atoms with Crippen molar-refractivity contribution in [3.8, 4) is 6.07 Å². The Hall–Kier alpha value is -2.24. The zero-order chi connectivity index (χ0) is 18.4. The van der Waals surface area contributed by atoms with Crippen LogP contribution < -0.4 is 4.72 Å². The van der Waals surface area contributed by atoms with E-state index in [4.69, 9.17) is 10.00 Å². The first-order valence-corrected chi connectivity index (χ1v) is 9.95. The van der Waals surface area contributed by atoms with Crippen LogP contribution in [0.5, 0.6) is 0 Å². The van der Waals surface area contributed by atoms with Crippen molar-refractivity contribution in [1.82, 2.24) is 9.62 Å². The summed E-state index contributed by atoms with van der Waals surface area (Å²) in [6.07, 6.45) is 0. The first-order valence-electron chi connectivity index (χ1n) is 8.47. The molecule has 1 fully saturated rings. The second-order valence-electron chi connectivity index (χ2n) is 6.07. The van der Waals surface area contributed by atoms with Gasteiger partial charge in [-0.1, -0.05) is 36.4 Å². The molecule has 1 aliphatic rings. The lowest BCUT2D eigenvalue weighted by Gasteiger charge is -2.34. The van der Waals surface area contributed by atoms with Gasteiger partial charge in [0.25, 0.3) is 0 Å². The van der Waals surface area contributed by atoms with Gasteiger partial charge < -0.3 is 4.74 Å². The molecule has 1 saturated heterocycles. The van der Waals surface area contributed by atoms with E-state index in [1.807, 2.05) is 36.4 Å². The van der Waals surface area contributed by atoms with Crippen LogP contribution in [0.25, 0.3) is 0 Å². The maximum Gasteiger partial charge on any atom is 0.240 e. The normalized spacial score (nSPS) is 16.7. The van der Waals surface area contributed by atoms with E-state index < -0.39 is 10.0 Å². The highest BCUT2D eigenvalue weighted by atomic mass is 32.2. The van der Waals surface area contributed by atoms with Gasteiger partial charge in [-0.25, -0.2) is 13.1 Å². The number of rotatable bonds is 6. The molecular formula is C19H21N3O3S. The highest BCUT2D eigenvalue weighted by Crippen LogP contribution is 2.22. The number of ether oxygens (including phenoxy) is 1. The van der Waals surface area contributed by atoms with Gasteiger partial charge in [-0.15, -0.1) is 0 Å². The van der Waals surface area contributed by atoms with Crippen molar-refractivity contribution >= 4 is 10.0 Å². The molecule has 1 atom stereocenters. The van der Waals surface area contributed by atoms with Crippen molar-refractivity contribution < 1.29 is 13.2 Å². The fourth-order valence-electron chi connectivity index (χ4n) is 3.03. The Morgan fingerprint density at radius 1 is 1.12 bits per heavy atom. The molecule has 1 aliphatic heterocycles. The van der Waals surface area contributed by atoms with E-state index in [2.05, 4.69) is 9.62 Å². The third-order valence-corrected chi connectivity index (χ3v) is 5.83. The molecule has 1 N–H and O–H groups in total. The van der Waals surface area contributed by atoms with E-state index >= 15 is 0 Å². The van der Waals surface area contributed by atoms with Crippen LogP contribution in [-0.2, 0) is 14.8 Å². The lowest BCUT2D eigenvalue weighted by atomic mass is 10.1. The molecular weight excluding hydrogens is 350 g/mol. The summed E-state index contributed by atoms with van der Waals surface area (Å²) < 4.78 is 33.4. The van der Waals surface area contributed by atoms with Crippen LogP contribution in [0.3, 0.4) is 0 Å². The van der Waals surface area contributed by atoms with Crippen molar-refractivity contribution in [2.24, 2.45) is 0 Å². The molecule has 1 heterocycles. The van der Waals surface area contributed by atoms with E-state index in [0.29, 0.717) is 18.8 Å². The molecule has 0 aromatic heterocycles. The largest absolute Gasteiger partial charge is 0.379 e. The molecule has 0 saturated carbocycles. The molecule has 0 unspecified atom stereocenters. The molecule has 2 aromatic carbocycles. The molecule has 26 heavy (non-hydrogen) atoms. The Morgan fingerprint density at radius 3 is 2.54 bits per heavy atom. The van der Waals surface area contributed by atoms with Crippen LogP contribution in [0.1, 0.15) is 17.2 Å². The number of benzene rings is 2. The van der Waals surface area contributed by atoms with E-state index in [1.54, 1.807) is 12.1 Å². The molecule has 0 amide bonds. The van der Waals surface area contributed by atoms with E-state index in [0.717, 1.165) is 18.7 Å². The van der Waals surface area contributed by atoms with E-state index in [1.165, 1.54) is 12.1 Å². The lowest BCUT2D eigenvalue weighted by molar-refractivity contribution is 0.0172. The molecule has 0 spiro atoms. The molecule has 0 aliphatic carbocycles. The van der Waals surface area contributed by atoms with Gasteiger partial charge in [-0.3, -0.25) is 4.90 Å². The van der Waals surface area contributed by atoms with Crippen molar-refractivity contribution in [3.05, 3.63) is 65.7 Å². The minimum absolute atomic E-state index is 0.0750. The van der Waals surface area contributed by atoms with Gasteiger partial charge in [0.05, 0.1) is 29.7 Å². The van der Waals surface area contributed by atoms with Crippen molar-refractivity contribution in [2.45, 2.75) is 10.9 Å². The second kappa shape index (κ2) is 8.43. The average molecular weight is 371 g/mol. The van der Waals surface area contributed by atoms with Crippen LogP contribution >= 0.6 is 0 Å². The summed E-state index contributed by atoms with van der Waals surface area (Å²) in [6, 6.07) is 17.8. The fourth-order valence-corrected chi connectivity index (χ4v) is 4.11. The summed E-state index contributed by atoms with van der Waals surface area (Å²) in [6.45, 7) is 3.04. The highest BCUT2D eigenvalue weighted by Gasteiger charge is 2.25. The zero-order valence-corrected chi connectivity index (χ0v) is 15.2. The SMILES string of the molecule is N#Cc1cccc(S(=O)(=O)NC[C@@H](c2ccccc2)N2CCOCC2)c1. The molecule has 6 nitrogen and oxygen atoms in total. The van der Waals surface area contributed by atoms with Gasteiger partial charge in [-0.2, -0.15) is 5.26 Å². The van der Waals surface area contributed by atoms with Crippen molar-refractivity contribution in [3.63, 3.8) is 0 Å². The Bertz CT molecular complexity index is 872. The third kappa shape index (κ3) is 4.48. The van der Waals surface area contributed by atoms with Crippen LogP contribution in [0.4, 0.5) is 0 Å². The molecule has 3 rings (SSSR count). The molecule has 136 valence electrons.